The van der Waals surface area contributed by atoms with Gasteiger partial charge < -0.3 is 20.1 Å². The maximum Gasteiger partial charge on any atom is 0.181 e. The minimum absolute atomic E-state index is 0.0585. The molecule has 4 nitrogen and oxygen atoms in total. The van der Waals surface area contributed by atoms with E-state index in [1.54, 1.807) is 6.92 Å². The van der Waals surface area contributed by atoms with E-state index in [2.05, 4.69) is 0 Å². The lowest BCUT2D eigenvalue weighted by Gasteiger charge is -2.21. The molecule has 1 rings (SSSR count). The van der Waals surface area contributed by atoms with Crippen molar-refractivity contribution in [2.45, 2.75) is 44.9 Å². The van der Waals surface area contributed by atoms with E-state index in [0.717, 1.165) is 0 Å². The van der Waals surface area contributed by atoms with Crippen LogP contribution < -0.4 is 0 Å². The van der Waals surface area contributed by atoms with Gasteiger partial charge >= 0.3 is 0 Å². The Bertz CT molecular complexity index is 134. The van der Waals surface area contributed by atoms with Crippen LogP contribution in [0.5, 0.6) is 0 Å². The highest BCUT2D eigenvalue weighted by Gasteiger charge is 2.33. The molecule has 1 aliphatic heterocycles. The lowest BCUT2D eigenvalue weighted by atomic mass is 9.96. The third-order valence-electron chi connectivity index (χ3n) is 2.51. The van der Waals surface area contributed by atoms with Crippen molar-refractivity contribution in [1.29, 1.82) is 0 Å². The SMILES string of the molecule is CC1C(O)CC(O)[C@H](O)O[C@@H]1C. The van der Waals surface area contributed by atoms with E-state index in [4.69, 9.17) is 4.74 Å². The Labute approximate surface area is 71.8 Å². The van der Waals surface area contributed by atoms with E-state index in [9.17, 15) is 15.3 Å². The molecule has 1 saturated heterocycles. The van der Waals surface area contributed by atoms with E-state index in [1.807, 2.05) is 6.92 Å². The number of hydrogen-bond donors (Lipinski definition) is 3. The Morgan fingerprint density at radius 3 is 2.25 bits per heavy atom. The second-order valence-corrected chi connectivity index (χ2v) is 3.46. The zero-order valence-corrected chi connectivity index (χ0v) is 7.34. The molecule has 4 heteroatoms. The molecule has 12 heavy (non-hydrogen) atoms. The van der Waals surface area contributed by atoms with E-state index in [1.165, 1.54) is 0 Å². The lowest BCUT2D eigenvalue weighted by Crippen LogP contribution is -2.29. The first-order valence-electron chi connectivity index (χ1n) is 4.22. The molecule has 0 saturated carbocycles. The molecule has 0 aromatic rings. The maximum atomic E-state index is 9.47. The molecule has 0 amide bonds. The highest BCUT2D eigenvalue weighted by Crippen LogP contribution is 2.23. The summed E-state index contributed by atoms with van der Waals surface area (Å²) in [7, 11) is 0. The number of aliphatic hydroxyl groups excluding tert-OH is 3. The first-order valence-corrected chi connectivity index (χ1v) is 4.22. The fraction of sp³-hybridized carbons (Fsp3) is 1.00. The summed E-state index contributed by atoms with van der Waals surface area (Å²) in [4.78, 5) is 0. The predicted molar refractivity (Wildman–Crippen MR) is 42.3 cm³/mol. The Hall–Kier alpha value is -0.160. The van der Waals surface area contributed by atoms with Gasteiger partial charge in [-0.25, -0.2) is 0 Å². The van der Waals surface area contributed by atoms with Gasteiger partial charge in [0.05, 0.1) is 12.2 Å². The highest BCUT2D eigenvalue weighted by molar-refractivity contribution is 4.79. The van der Waals surface area contributed by atoms with Crippen LogP contribution in [0.2, 0.25) is 0 Å². The van der Waals surface area contributed by atoms with E-state index >= 15 is 0 Å². The molecule has 0 aromatic heterocycles. The first-order chi connectivity index (χ1) is 5.52. The molecule has 0 aliphatic carbocycles. The summed E-state index contributed by atoms with van der Waals surface area (Å²) in [5.74, 6) is -0.0585. The van der Waals surface area contributed by atoms with Gasteiger partial charge in [-0.05, 0) is 6.92 Å². The van der Waals surface area contributed by atoms with Crippen molar-refractivity contribution >= 4 is 0 Å². The van der Waals surface area contributed by atoms with E-state index in [-0.39, 0.29) is 18.4 Å². The van der Waals surface area contributed by atoms with E-state index in [0.29, 0.717) is 0 Å². The van der Waals surface area contributed by atoms with Crippen molar-refractivity contribution in [2.24, 2.45) is 5.92 Å². The molecule has 0 aromatic carbocycles. The van der Waals surface area contributed by atoms with Gasteiger partial charge in [-0.15, -0.1) is 0 Å². The van der Waals surface area contributed by atoms with Gasteiger partial charge in [-0.3, -0.25) is 0 Å². The van der Waals surface area contributed by atoms with Gasteiger partial charge in [0, 0.05) is 12.3 Å². The molecule has 0 radical (unpaired) electrons. The fourth-order valence-electron chi connectivity index (χ4n) is 1.33. The zero-order chi connectivity index (χ0) is 9.30. The quantitative estimate of drug-likeness (QED) is 0.464. The van der Waals surface area contributed by atoms with Gasteiger partial charge in [0.15, 0.2) is 6.29 Å². The molecule has 1 heterocycles. The van der Waals surface area contributed by atoms with Crippen LogP contribution >= 0.6 is 0 Å². The summed E-state index contributed by atoms with van der Waals surface area (Å²) in [6.45, 7) is 3.61. The van der Waals surface area contributed by atoms with Crippen LogP contribution in [-0.4, -0.2) is 39.9 Å². The maximum absolute atomic E-state index is 9.47. The minimum Gasteiger partial charge on any atom is -0.393 e. The third-order valence-corrected chi connectivity index (χ3v) is 2.51. The highest BCUT2D eigenvalue weighted by atomic mass is 16.6. The molecule has 72 valence electrons. The summed E-state index contributed by atoms with van der Waals surface area (Å²) in [5.41, 5.74) is 0. The van der Waals surface area contributed by atoms with Gasteiger partial charge in [0.2, 0.25) is 0 Å². The third kappa shape index (κ3) is 1.95. The molecule has 1 aliphatic rings. The summed E-state index contributed by atoms with van der Waals surface area (Å²) in [6.07, 6.45) is -2.81. The average Bonchev–Trinajstić information content (AvgIpc) is 2.07. The first kappa shape index (κ1) is 9.92. The van der Waals surface area contributed by atoms with Crippen molar-refractivity contribution in [3.8, 4) is 0 Å². The molecule has 1 fully saturated rings. The van der Waals surface area contributed by atoms with Crippen molar-refractivity contribution in [3.05, 3.63) is 0 Å². The molecule has 3 unspecified atom stereocenters. The Kier molecular flexibility index (Phi) is 3.06. The fourth-order valence-corrected chi connectivity index (χ4v) is 1.33. The molecular formula is C8H16O4. The number of ether oxygens (including phenoxy) is 1. The summed E-state index contributed by atoms with van der Waals surface area (Å²) >= 11 is 0. The Morgan fingerprint density at radius 1 is 1.08 bits per heavy atom. The number of hydrogen-bond acceptors (Lipinski definition) is 4. The van der Waals surface area contributed by atoms with Crippen LogP contribution in [0.4, 0.5) is 0 Å². The van der Waals surface area contributed by atoms with Gasteiger partial charge in [-0.1, -0.05) is 6.92 Å². The molecule has 3 N–H and O–H groups in total. The zero-order valence-electron chi connectivity index (χ0n) is 7.34. The second kappa shape index (κ2) is 3.70. The lowest BCUT2D eigenvalue weighted by molar-refractivity contribution is -0.180. The average molecular weight is 176 g/mol. The minimum atomic E-state index is -1.17. The topological polar surface area (TPSA) is 69.9 Å². The largest absolute Gasteiger partial charge is 0.393 e. The van der Waals surface area contributed by atoms with Crippen molar-refractivity contribution in [1.82, 2.24) is 0 Å². The van der Waals surface area contributed by atoms with Gasteiger partial charge in [0.1, 0.15) is 6.10 Å². The second-order valence-electron chi connectivity index (χ2n) is 3.46. The molecule has 0 bridgehead atoms. The van der Waals surface area contributed by atoms with Crippen LogP contribution in [-0.2, 0) is 4.74 Å². The van der Waals surface area contributed by atoms with Crippen LogP contribution in [0.3, 0.4) is 0 Å². The predicted octanol–water partition coefficient (Wildman–Crippen LogP) is -0.528. The van der Waals surface area contributed by atoms with Crippen molar-refractivity contribution < 1.29 is 20.1 Å². The monoisotopic (exact) mass is 176 g/mol. The van der Waals surface area contributed by atoms with Crippen LogP contribution in [0.25, 0.3) is 0 Å². The summed E-state index contributed by atoms with van der Waals surface area (Å²) < 4.78 is 5.05. The normalized spacial score (nSPS) is 50.2. The van der Waals surface area contributed by atoms with E-state index < -0.39 is 18.5 Å². The standard InChI is InChI=1S/C8H16O4/c1-4-5(2)12-8(11)7(10)3-6(4)9/h4-11H,3H2,1-2H3/t4?,5-,6?,7?,8-/m1/s1. The summed E-state index contributed by atoms with van der Waals surface area (Å²) in [6, 6.07) is 0. The number of rotatable bonds is 0. The molecule has 5 atom stereocenters. The van der Waals surface area contributed by atoms with Crippen LogP contribution in [0.1, 0.15) is 20.3 Å². The number of aliphatic hydroxyl groups is 3. The smallest absolute Gasteiger partial charge is 0.181 e. The van der Waals surface area contributed by atoms with Crippen molar-refractivity contribution in [3.63, 3.8) is 0 Å². The Morgan fingerprint density at radius 2 is 1.67 bits per heavy atom. The Balaban J connectivity index is 2.64. The van der Waals surface area contributed by atoms with Crippen molar-refractivity contribution in [2.75, 3.05) is 0 Å². The van der Waals surface area contributed by atoms with Gasteiger partial charge in [0.25, 0.3) is 0 Å². The van der Waals surface area contributed by atoms with Gasteiger partial charge in [-0.2, -0.15) is 0 Å². The van der Waals surface area contributed by atoms with Crippen LogP contribution in [0.15, 0.2) is 0 Å². The molecule has 0 spiro atoms. The molecular weight excluding hydrogens is 160 g/mol. The van der Waals surface area contributed by atoms with Crippen LogP contribution in [0, 0.1) is 5.92 Å². The summed E-state index contributed by atoms with van der Waals surface area (Å²) in [5, 5.41) is 27.9.